The molecule has 2 aromatic carbocycles. The van der Waals surface area contributed by atoms with Crippen molar-refractivity contribution in [2.24, 2.45) is 5.73 Å². The van der Waals surface area contributed by atoms with Gasteiger partial charge in [-0.25, -0.2) is 0 Å². The second-order valence-corrected chi connectivity index (χ2v) is 6.10. The van der Waals surface area contributed by atoms with E-state index in [1.165, 1.54) is 28.4 Å². The number of para-hydroxylation sites is 1. The van der Waals surface area contributed by atoms with Gasteiger partial charge in [-0.2, -0.15) is 14.9 Å². The third kappa shape index (κ3) is 4.90. The van der Waals surface area contributed by atoms with Gasteiger partial charge in [0, 0.05) is 17.8 Å². The zero-order valence-corrected chi connectivity index (χ0v) is 17.9. The number of rotatable bonds is 10. The molecule has 1 amide bonds. The third-order valence-electron chi connectivity index (χ3n) is 4.13. The molecule has 3 rings (SSSR count). The van der Waals surface area contributed by atoms with E-state index in [-0.39, 0.29) is 23.3 Å². The lowest BCUT2D eigenvalue weighted by molar-refractivity contribution is -0.181. The van der Waals surface area contributed by atoms with Crippen LogP contribution in [0.4, 0.5) is 11.6 Å². The number of amides is 1. The maximum Gasteiger partial charge on any atom is 0.277 e. The van der Waals surface area contributed by atoms with Crippen molar-refractivity contribution in [2.75, 3.05) is 33.8 Å². The Morgan fingerprint density at radius 3 is 2.06 bits per heavy atom. The van der Waals surface area contributed by atoms with E-state index in [2.05, 4.69) is 15.3 Å². The van der Waals surface area contributed by atoms with Crippen LogP contribution in [0.2, 0.25) is 0 Å². The van der Waals surface area contributed by atoms with Crippen molar-refractivity contribution in [3.63, 3.8) is 0 Å². The van der Waals surface area contributed by atoms with Crippen molar-refractivity contribution in [3.8, 4) is 34.8 Å². The van der Waals surface area contributed by atoms with Crippen LogP contribution in [0.3, 0.4) is 0 Å². The molecule has 1 heterocycles. The van der Waals surface area contributed by atoms with Crippen LogP contribution in [0.5, 0.6) is 34.8 Å². The van der Waals surface area contributed by atoms with Crippen molar-refractivity contribution in [1.82, 2.24) is 9.97 Å². The topological polar surface area (TPSA) is 136 Å². The van der Waals surface area contributed by atoms with Crippen LogP contribution in [0, 0.1) is 0 Å². The number of aromatic nitrogens is 2. The van der Waals surface area contributed by atoms with E-state index in [1.54, 1.807) is 36.4 Å². The first kappa shape index (κ1) is 22.4. The molecular formula is C21H22N4O7. The lowest BCUT2D eigenvalue weighted by atomic mass is 10.2. The molecule has 0 saturated heterocycles. The molecule has 1 aromatic heterocycles. The smallest absolute Gasteiger partial charge is 0.277 e. The van der Waals surface area contributed by atoms with Crippen LogP contribution < -0.4 is 34.9 Å². The average Bonchev–Trinajstić information content (AvgIpc) is 2.78. The van der Waals surface area contributed by atoms with Crippen molar-refractivity contribution in [3.05, 3.63) is 48.0 Å². The molecule has 32 heavy (non-hydrogen) atoms. The zero-order valence-electron chi connectivity index (χ0n) is 17.9. The summed E-state index contributed by atoms with van der Waals surface area (Å²) in [7, 11) is 5.75. The molecule has 3 aromatic rings. The van der Waals surface area contributed by atoms with Crippen LogP contribution in [0.25, 0.3) is 0 Å². The molecular weight excluding hydrogens is 420 g/mol. The highest BCUT2D eigenvalue weighted by molar-refractivity contribution is 5.97. The Kier molecular flexibility index (Phi) is 7.13. The first-order valence-electron chi connectivity index (χ1n) is 9.23. The Bertz CT molecular complexity index is 1070. The summed E-state index contributed by atoms with van der Waals surface area (Å²) in [5.41, 5.74) is 5.82. The fraction of sp³-hybridized carbons (Fsp3) is 0.190. The number of nitrogens with one attached hydrogen (secondary N) is 1. The molecule has 0 aliphatic rings. The molecule has 0 aliphatic carbocycles. The number of hydrogen-bond acceptors (Lipinski definition) is 10. The minimum atomic E-state index is -0.859. The number of nitrogens with two attached hydrogens (primary N) is 1. The molecule has 168 valence electrons. The fourth-order valence-corrected chi connectivity index (χ4v) is 2.78. The maximum atomic E-state index is 12.1. The normalized spacial score (nSPS) is 10.2. The van der Waals surface area contributed by atoms with Crippen LogP contribution >= 0.6 is 0 Å². The predicted octanol–water partition coefficient (Wildman–Crippen LogP) is 3.08. The minimum Gasteiger partial charge on any atom is -0.493 e. The Balaban J connectivity index is 2.07. The molecule has 0 bridgehead atoms. The van der Waals surface area contributed by atoms with E-state index >= 15 is 0 Å². The average molecular weight is 442 g/mol. The quantitative estimate of drug-likeness (QED) is 0.356. The molecule has 0 unspecified atom stereocenters. The number of nitrogens with zero attached hydrogens (tertiary/aromatic N) is 2. The second kappa shape index (κ2) is 10.2. The van der Waals surface area contributed by atoms with Crippen molar-refractivity contribution < 1.29 is 33.5 Å². The summed E-state index contributed by atoms with van der Waals surface area (Å²) in [5.74, 6) is 0.494. The van der Waals surface area contributed by atoms with Crippen LogP contribution in [-0.4, -0.2) is 44.3 Å². The fourth-order valence-electron chi connectivity index (χ4n) is 2.78. The molecule has 0 radical (unpaired) electrons. The molecule has 0 atom stereocenters. The first-order chi connectivity index (χ1) is 15.5. The summed E-state index contributed by atoms with van der Waals surface area (Å²) >= 11 is 0. The monoisotopic (exact) mass is 442 g/mol. The number of anilines is 2. The summed E-state index contributed by atoms with van der Waals surface area (Å²) in [6.07, 6.45) is 0. The summed E-state index contributed by atoms with van der Waals surface area (Å²) in [4.78, 5) is 30.3. The van der Waals surface area contributed by atoms with Crippen molar-refractivity contribution in [2.45, 2.75) is 0 Å². The molecule has 3 N–H and O–H groups in total. The highest BCUT2D eigenvalue weighted by atomic mass is 17.2. The Hall–Kier alpha value is -4.25. The second-order valence-electron chi connectivity index (χ2n) is 6.10. The minimum absolute atomic E-state index is 0.0299. The van der Waals surface area contributed by atoms with Gasteiger partial charge in [-0.05, 0) is 12.1 Å². The van der Waals surface area contributed by atoms with E-state index in [4.69, 9.17) is 34.5 Å². The van der Waals surface area contributed by atoms with E-state index in [9.17, 15) is 4.79 Å². The number of carbonyl (C=O) groups excluding carboxylic acids is 1. The zero-order chi connectivity index (χ0) is 23.1. The van der Waals surface area contributed by atoms with Gasteiger partial charge in [0.25, 0.3) is 11.8 Å². The van der Waals surface area contributed by atoms with Gasteiger partial charge in [0.05, 0.1) is 28.4 Å². The Morgan fingerprint density at radius 1 is 0.906 bits per heavy atom. The van der Waals surface area contributed by atoms with E-state index < -0.39 is 5.91 Å². The Morgan fingerprint density at radius 2 is 1.53 bits per heavy atom. The van der Waals surface area contributed by atoms with Crippen LogP contribution in [0.1, 0.15) is 10.4 Å². The lowest BCUT2D eigenvalue weighted by Crippen LogP contribution is -2.17. The van der Waals surface area contributed by atoms with E-state index in [0.29, 0.717) is 28.7 Å². The molecule has 0 fully saturated rings. The largest absolute Gasteiger partial charge is 0.493 e. The van der Waals surface area contributed by atoms with Gasteiger partial charge in [-0.3, -0.25) is 4.79 Å². The number of carbonyl (C=O) groups is 1. The first-order valence-corrected chi connectivity index (χ1v) is 9.23. The van der Waals surface area contributed by atoms with Gasteiger partial charge < -0.3 is 34.9 Å². The van der Waals surface area contributed by atoms with Crippen LogP contribution in [0.15, 0.2) is 42.5 Å². The van der Waals surface area contributed by atoms with Crippen LogP contribution in [-0.2, 0) is 4.89 Å². The van der Waals surface area contributed by atoms with E-state index in [0.717, 1.165) is 0 Å². The molecule has 11 heteroatoms. The third-order valence-corrected chi connectivity index (χ3v) is 4.13. The van der Waals surface area contributed by atoms with Gasteiger partial charge in [0.2, 0.25) is 17.6 Å². The SMILES string of the molecule is COOc1nc(Nc2cc(OC)c(OC)c(OC)c2)nc(Oc2ccccc2)c1C(N)=O. The highest BCUT2D eigenvalue weighted by Gasteiger charge is 2.24. The summed E-state index contributed by atoms with van der Waals surface area (Å²) < 4.78 is 21.8. The maximum absolute atomic E-state index is 12.1. The number of methoxy groups -OCH3 is 3. The highest BCUT2D eigenvalue weighted by Crippen LogP contribution is 2.41. The van der Waals surface area contributed by atoms with Crippen molar-refractivity contribution >= 4 is 17.5 Å². The summed E-state index contributed by atoms with van der Waals surface area (Å²) in [6, 6.07) is 12.0. The molecule has 0 spiro atoms. The predicted molar refractivity (Wildman–Crippen MR) is 114 cm³/mol. The molecule has 11 nitrogen and oxygen atoms in total. The summed E-state index contributed by atoms with van der Waals surface area (Å²) in [5, 5.41) is 2.99. The molecule has 0 aliphatic heterocycles. The standard InChI is InChI=1S/C21H22N4O7/c1-27-14-10-12(11-15(28-2)17(14)29-3)23-21-24-19(31-13-8-6-5-7-9-13)16(18(22)26)20(25-21)32-30-4/h5-11H,1-4H3,(H2,22,26)(H,23,24,25). The van der Waals surface area contributed by atoms with Gasteiger partial charge >= 0.3 is 0 Å². The Labute approximate surface area is 183 Å². The number of primary amides is 1. The summed E-state index contributed by atoms with van der Waals surface area (Å²) in [6.45, 7) is 0. The number of ether oxygens (including phenoxy) is 4. The molecule has 0 saturated carbocycles. The number of benzene rings is 2. The lowest BCUT2D eigenvalue weighted by Gasteiger charge is -2.16. The van der Waals surface area contributed by atoms with Gasteiger partial charge in [-0.1, -0.05) is 18.2 Å². The van der Waals surface area contributed by atoms with Crippen molar-refractivity contribution in [1.29, 1.82) is 0 Å². The van der Waals surface area contributed by atoms with Gasteiger partial charge in [0.15, 0.2) is 17.1 Å². The number of hydrogen-bond donors (Lipinski definition) is 2. The van der Waals surface area contributed by atoms with Gasteiger partial charge in [0.1, 0.15) is 5.75 Å². The van der Waals surface area contributed by atoms with Gasteiger partial charge in [-0.15, -0.1) is 0 Å². The van der Waals surface area contributed by atoms with E-state index in [1.807, 2.05) is 6.07 Å².